The van der Waals surface area contributed by atoms with Gasteiger partial charge in [0, 0.05) is 22.0 Å². The van der Waals surface area contributed by atoms with Gasteiger partial charge in [-0.25, -0.2) is 0 Å². The first-order valence-corrected chi connectivity index (χ1v) is 6.91. The van der Waals surface area contributed by atoms with E-state index in [0.717, 1.165) is 17.4 Å². The zero-order valence-electron chi connectivity index (χ0n) is 9.59. The first kappa shape index (κ1) is 14.7. The Morgan fingerprint density at radius 1 is 0.895 bits per heavy atom. The van der Waals surface area contributed by atoms with Crippen LogP contribution in [0.1, 0.15) is 5.56 Å². The average molecular weight is 334 g/mol. The van der Waals surface area contributed by atoms with E-state index in [4.69, 9.17) is 46.4 Å². The summed E-state index contributed by atoms with van der Waals surface area (Å²) in [7, 11) is 0. The summed E-state index contributed by atoms with van der Waals surface area (Å²) in [6.07, 6.45) is 1.09. The number of halogens is 4. The summed E-state index contributed by atoms with van der Waals surface area (Å²) >= 11 is 24.3. The second-order valence-corrected chi connectivity index (χ2v) is 5.58. The number of benzene rings is 2. The Hall–Kier alpha value is -0.730. The Morgan fingerprint density at radius 2 is 1.53 bits per heavy atom. The molecule has 98 valence electrons. The van der Waals surface area contributed by atoms with Gasteiger partial charge >= 0.3 is 0 Å². The lowest BCUT2D eigenvalue weighted by Gasteiger charge is -2.10. The van der Waals surface area contributed by atoms with Crippen molar-refractivity contribution in [3.8, 4) is 11.1 Å². The Bertz CT molecular complexity index is 614. The molecule has 0 aliphatic carbocycles. The van der Waals surface area contributed by atoms with E-state index in [2.05, 4.69) is 0 Å². The fraction of sp³-hybridized carbons (Fsp3) is 0.0714. The Kier molecular flexibility index (Phi) is 4.75. The molecule has 0 fully saturated rings. The van der Waals surface area contributed by atoms with Gasteiger partial charge in [0.1, 0.15) is 6.29 Å². The van der Waals surface area contributed by atoms with Crippen LogP contribution in [0, 0.1) is 0 Å². The predicted molar refractivity (Wildman–Crippen MR) is 81.7 cm³/mol. The van der Waals surface area contributed by atoms with E-state index in [9.17, 15) is 4.79 Å². The highest BCUT2D eigenvalue weighted by Crippen LogP contribution is 2.38. The Balaban J connectivity index is 2.54. The van der Waals surface area contributed by atoms with Crippen molar-refractivity contribution in [2.45, 2.75) is 6.42 Å². The van der Waals surface area contributed by atoms with Gasteiger partial charge in [0.25, 0.3) is 0 Å². The number of carbonyl (C=O) groups excluding carboxylic acids is 1. The molecular weight excluding hydrogens is 326 g/mol. The third kappa shape index (κ3) is 3.24. The third-order valence-corrected chi connectivity index (χ3v) is 3.82. The van der Waals surface area contributed by atoms with Crippen LogP contribution in [0.25, 0.3) is 11.1 Å². The summed E-state index contributed by atoms with van der Waals surface area (Å²) in [6.45, 7) is 0. The number of rotatable bonds is 3. The normalized spacial score (nSPS) is 10.5. The van der Waals surface area contributed by atoms with Crippen LogP contribution < -0.4 is 0 Å². The molecular formula is C14H8Cl4O. The van der Waals surface area contributed by atoms with Crippen molar-refractivity contribution in [3.63, 3.8) is 0 Å². The molecule has 0 bridgehead atoms. The second kappa shape index (κ2) is 6.15. The molecule has 19 heavy (non-hydrogen) atoms. The van der Waals surface area contributed by atoms with Crippen molar-refractivity contribution < 1.29 is 4.79 Å². The monoisotopic (exact) mass is 332 g/mol. The van der Waals surface area contributed by atoms with Crippen LogP contribution in [0.3, 0.4) is 0 Å². The lowest BCUT2D eigenvalue weighted by atomic mass is 10.0. The van der Waals surface area contributed by atoms with Crippen molar-refractivity contribution in [1.82, 2.24) is 0 Å². The summed E-state index contributed by atoms with van der Waals surface area (Å²) in [5.41, 5.74) is 2.22. The third-order valence-electron chi connectivity index (χ3n) is 2.65. The topological polar surface area (TPSA) is 17.1 Å². The van der Waals surface area contributed by atoms with Gasteiger partial charge in [-0.1, -0.05) is 58.5 Å². The van der Waals surface area contributed by atoms with E-state index in [1.54, 1.807) is 24.3 Å². The molecule has 0 aliphatic rings. The van der Waals surface area contributed by atoms with Crippen LogP contribution in [0.15, 0.2) is 30.3 Å². The predicted octanol–water partition coefficient (Wildman–Crippen LogP) is 5.71. The van der Waals surface area contributed by atoms with Crippen molar-refractivity contribution in [1.29, 1.82) is 0 Å². The Labute approximate surface area is 131 Å². The van der Waals surface area contributed by atoms with Gasteiger partial charge in [-0.2, -0.15) is 0 Å². The van der Waals surface area contributed by atoms with Gasteiger partial charge in [-0.3, -0.25) is 0 Å². The number of carbonyl (C=O) groups is 1. The molecule has 2 rings (SSSR count). The van der Waals surface area contributed by atoms with Crippen LogP contribution in [-0.2, 0) is 11.2 Å². The molecule has 0 N–H and O–H groups in total. The van der Waals surface area contributed by atoms with Crippen LogP contribution in [0.5, 0.6) is 0 Å². The summed E-state index contributed by atoms with van der Waals surface area (Å²) in [4.78, 5) is 10.5. The fourth-order valence-corrected chi connectivity index (χ4v) is 3.07. The molecule has 0 atom stereocenters. The lowest BCUT2D eigenvalue weighted by molar-refractivity contribution is -0.107. The van der Waals surface area contributed by atoms with E-state index in [-0.39, 0.29) is 6.42 Å². The van der Waals surface area contributed by atoms with E-state index >= 15 is 0 Å². The first-order valence-electron chi connectivity index (χ1n) is 5.40. The molecule has 2 aromatic rings. The summed E-state index contributed by atoms with van der Waals surface area (Å²) in [5, 5.41) is 1.89. The minimum absolute atomic E-state index is 0.279. The smallest absolute Gasteiger partial charge is 0.124 e. The molecule has 0 saturated carbocycles. The molecule has 0 unspecified atom stereocenters. The number of aldehydes is 1. The molecule has 0 amide bonds. The largest absolute Gasteiger partial charge is 0.303 e. The maximum Gasteiger partial charge on any atom is 0.124 e. The maximum absolute atomic E-state index is 10.5. The standard InChI is InChI=1S/C14H8Cl4O/c15-10-6-12(17)14(13(18)7-10)9-2-1-8(3-4-19)11(16)5-9/h1-2,4-7H,3H2. The molecule has 0 radical (unpaired) electrons. The SMILES string of the molecule is O=CCc1ccc(-c2c(Cl)cc(Cl)cc2Cl)cc1Cl. The van der Waals surface area contributed by atoms with Crippen molar-refractivity contribution in [3.05, 3.63) is 56.0 Å². The highest BCUT2D eigenvalue weighted by atomic mass is 35.5. The maximum atomic E-state index is 10.5. The molecule has 5 heteroatoms. The molecule has 1 nitrogen and oxygen atoms in total. The number of hydrogen-bond acceptors (Lipinski definition) is 1. The zero-order chi connectivity index (χ0) is 14.0. The molecule has 0 aliphatic heterocycles. The quantitative estimate of drug-likeness (QED) is 0.657. The van der Waals surface area contributed by atoms with Crippen molar-refractivity contribution >= 4 is 52.7 Å². The van der Waals surface area contributed by atoms with Crippen molar-refractivity contribution in [2.75, 3.05) is 0 Å². The van der Waals surface area contributed by atoms with E-state index in [0.29, 0.717) is 25.7 Å². The van der Waals surface area contributed by atoms with Crippen LogP contribution in [0.4, 0.5) is 0 Å². The highest BCUT2D eigenvalue weighted by molar-refractivity contribution is 6.42. The summed E-state index contributed by atoms with van der Waals surface area (Å²) in [5.74, 6) is 0. The van der Waals surface area contributed by atoms with Gasteiger partial charge in [0.15, 0.2) is 0 Å². The van der Waals surface area contributed by atoms with Crippen molar-refractivity contribution in [2.24, 2.45) is 0 Å². The average Bonchev–Trinajstić information content (AvgIpc) is 2.31. The minimum atomic E-state index is 0.279. The Morgan fingerprint density at radius 3 is 2.05 bits per heavy atom. The van der Waals surface area contributed by atoms with Crippen LogP contribution >= 0.6 is 46.4 Å². The molecule has 0 aromatic heterocycles. The lowest BCUT2D eigenvalue weighted by Crippen LogP contribution is -1.89. The fourth-order valence-electron chi connectivity index (χ4n) is 1.78. The van der Waals surface area contributed by atoms with E-state index in [1.165, 1.54) is 0 Å². The highest BCUT2D eigenvalue weighted by Gasteiger charge is 2.11. The van der Waals surface area contributed by atoms with Gasteiger partial charge in [0.2, 0.25) is 0 Å². The second-order valence-electron chi connectivity index (χ2n) is 3.92. The van der Waals surface area contributed by atoms with Gasteiger partial charge < -0.3 is 4.79 Å². The minimum Gasteiger partial charge on any atom is -0.303 e. The number of hydrogen-bond donors (Lipinski definition) is 0. The zero-order valence-corrected chi connectivity index (χ0v) is 12.6. The first-order chi connectivity index (χ1) is 9.02. The molecule has 2 aromatic carbocycles. The van der Waals surface area contributed by atoms with E-state index < -0.39 is 0 Å². The molecule has 0 spiro atoms. The summed E-state index contributed by atoms with van der Waals surface area (Å²) in [6, 6.07) is 8.59. The van der Waals surface area contributed by atoms with Gasteiger partial charge in [-0.05, 0) is 29.3 Å². The van der Waals surface area contributed by atoms with Crippen LogP contribution in [-0.4, -0.2) is 6.29 Å². The molecule has 0 saturated heterocycles. The van der Waals surface area contributed by atoms with Crippen LogP contribution in [0.2, 0.25) is 20.1 Å². The summed E-state index contributed by atoms with van der Waals surface area (Å²) < 4.78 is 0. The molecule has 0 heterocycles. The van der Waals surface area contributed by atoms with E-state index in [1.807, 2.05) is 6.07 Å². The van der Waals surface area contributed by atoms with Gasteiger partial charge in [-0.15, -0.1) is 0 Å². The van der Waals surface area contributed by atoms with Gasteiger partial charge in [0.05, 0.1) is 10.0 Å².